The van der Waals surface area contributed by atoms with E-state index in [1.54, 1.807) is 12.4 Å². The van der Waals surface area contributed by atoms with Crippen molar-refractivity contribution >= 4 is 28.3 Å². The second-order valence-electron chi connectivity index (χ2n) is 4.30. The van der Waals surface area contributed by atoms with Gasteiger partial charge in [0.15, 0.2) is 0 Å². The highest BCUT2D eigenvalue weighted by atomic mass is 32.1. The molecule has 3 rings (SSSR count). The van der Waals surface area contributed by atoms with Crippen LogP contribution in [0.5, 0.6) is 0 Å². The van der Waals surface area contributed by atoms with Crippen LogP contribution in [0.1, 0.15) is 12.1 Å². The number of carboxylic acid groups (broad SMARTS) is 1. The maximum absolute atomic E-state index is 10.6. The third kappa shape index (κ3) is 2.65. The molecular formula is C14H11N3O2S. The van der Waals surface area contributed by atoms with Gasteiger partial charge in [-0.25, -0.2) is 4.98 Å². The molecule has 0 fully saturated rings. The van der Waals surface area contributed by atoms with E-state index >= 15 is 0 Å². The highest BCUT2D eigenvalue weighted by Gasteiger charge is 2.07. The molecule has 0 radical (unpaired) electrons. The van der Waals surface area contributed by atoms with Gasteiger partial charge in [0.05, 0.1) is 23.1 Å². The lowest BCUT2D eigenvalue weighted by Gasteiger charge is -1.99. The summed E-state index contributed by atoms with van der Waals surface area (Å²) in [6.45, 7) is 0. The molecule has 5 nitrogen and oxygen atoms in total. The minimum Gasteiger partial charge on any atom is -0.481 e. The van der Waals surface area contributed by atoms with Gasteiger partial charge < -0.3 is 5.11 Å². The first-order valence-corrected chi connectivity index (χ1v) is 6.98. The van der Waals surface area contributed by atoms with Crippen molar-refractivity contribution in [3.8, 4) is 10.6 Å². The van der Waals surface area contributed by atoms with Crippen LogP contribution in [0, 0.1) is 0 Å². The Morgan fingerprint density at radius 3 is 2.80 bits per heavy atom. The Kier molecular flexibility index (Phi) is 3.39. The number of aryl methyl sites for hydroxylation is 1. The Morgan fingerprint density at radius 1 is 1.20 bits per heavy atom. The molecule has 0 aliphatic rings. The molecule has 0 aliphatic carbocycles. The van der Waals surface area contributed by atoms with E-state index < -0.39 is 5.97 Å². The summed E-state index contributed by atoms with van der Waals surface area (Å²) in [5, 5.41) is 11.5. The molecule has 0 amide bonds. The molecule has 0 aliphatic heterocycles. The number of benzene rings is 1. The van der Waals surface area contributed by atoms with E-state index in [0.29, 0.717) is 6.42 Å². The fourth-order valence-electron chi connectivity index (χ4n) is 1.89. The average Bonchev–Trinajstić information content (AvgIpc) is 2.93. The monoisotopic (exact) mass is 285 g/mol. The Bertz CT molecular complexity index is 770. The molecule has 1 N–H and O–H groups in total. The van der Waals surface area contributed by atoms with Gasteiger partial charge in [-0.2, -0.15) is 0 Å². The number of aromatic nitrogens is 3. The van der Waals surface area contributed by atoms with Crippen LogP contribution in [0.3, 0.4) is 0 Å². The summed E-state index contributed by atoms with van der Waals surface area (Å²) in [4.78, 5) is 23.5. The lowest BCUT2D eigenvalue weighted by molar-refractivity contribution is -0.136. The predicted octanol–water partition coefficient (Wildman–Crippen LogP) is 2.77. The molecule has 0 unspecified atom stereocenters. The molecular weight excluding hydrogens is 274 g/mol. The number of rotatable bonds is 4. The summed E-state index contributed by atoms with van der Waals surface area (Å²) in [6.07, 6.45) is 3.88. The first-order chi connectivity index (χ1) is 9.72. The highest BCUT2D eigenvalue weighted by Crippen LogP contribution is 2.26. The van der Waals surface area contributed by atoms with E-state index in [4.69, 9.17) is 5.11 Å². The largest absolute Gasteiger partial charge is 0.481 e. The lowest BCUT2D eigenvalue weighted by Crippen LogP contribution is -1.97. The van der Waals surface area contributed by atoms with Crippen molar-refractivity contribution in [2.75, 3.05) is 0 Å². The molecule has 0 saturated carbocycles. The van der Waals surface area contributed by atoms with Crippen LogP contribution >= 0.6 is 11.3 Å². The minimum atomic E-state index is -0.805. The van der Waals surface area contributed by atoms with Crippen molar-refractivity contribution in [2.45, 2.75) is 12.8 Å². The molecule has 0 spiro atoms. The van der Waals surface area contributed by atoms with Gasteiger partial charge in [-0.1, -0.05) is 0 Å². The summed E-state index contributed by atoms with van der Waals surface area (Å²) in [5.41, 5.74) is 3.46. The summed E-state index contributed by atoms with van der Waals surface area (Å²) >= 11 is 1.51. The predicted molar refractivity (Wildman–Crippen MR) is 76.6 cm³/mol. The zero-order chi connectivity index (χ0) is 13.9. The maximum atomic E-state index is 10.6. The maximum Gasteiger partial charge on any atom is 0.303 e. The van der Waals surface area contributed by atoms with Crippen molar-refractivity contribution in [2.24, 2.45) is 0 Å². The van der Waals surface area contributed by atoms with Crippen molar-refractivity contribution in [3.63, 3.8) is 0 Å². The molecule has 3 aromatic rings. The summed E-state index contributed by atoms with van der Waals surface area (Å²) in [5.74, 6) is -0.805. The van der Waals surface area contributed by atoms with E-state index in [0.717, 1.165) is 27.3 Å². The molecule has 0 saturated heterocycles. The number of nitrogens with zero attached hydrogens (tertiary/aromatic N) is 3. The molecule has 2 aromatic heterocycles. The van der Waals surface area contributed by atoms with Gasteiger partial charge in [0.1, 0.15) is 5.01 Å². The second-order valence-corrected chi connectivity index (χ2v) is 5.16. The number of fused-ring (bicyclic) bond motifs is 1. The SMILES string of the molecule is O=C(O)CCc1csc(-c2ccc3nccnc3c2)n1. The number of hydrogen-bond donors (Lipinski definition) is 1. The molecule has 100 valence electrons. The Labute approximate surface area is 119 Å². The summed E-state index contributed by atoms with van der Waals surface area (Å²) in [6, 6.07) is 5.81. The van der Waals surface area contributed by atoms with Crippen LogP contribution in [0.25, 0.3) is 21.6 Å². The Balaban J connectivity index is 1.89. The Hall–Kier alpha value is -2.34. The first-order valence-electron chi connectivity index (χ1n) is 6.10. The molecule has 6 heteroatoms. The van der Waals surface area contributed by atoms with E-state index in [1.165, 1.54) is 11.3 Å². The average molecular weight is 285 g/mol. The van der Waals surface area contributed by atoms with Gasteiger partial charge in [0.25, 0.3) is 0 Å². The number of aliphatic carboxylic acids is 1. The minimum absolute atomic E-state index is 0.104. The van der Waals surface area contributed by atoms with Gasteiger partial charge in [0, 0.05) is 29.8 Å². The van der Waals surface area contributed by atoms with Gasteiger partial charge >= 0.3 is 5.97 Å². The second kappa shape index (κ2) is 5.34. The van der Waals surface area contributed by atoms with Crippen LogP contribution in [-0.2, 0) is 11.2 Å². The number of hydrogen-bond acceptors (Lipinski definition) is 5. The third-order valence-corrected chi connectivity index (χ3v) is 3.80. The topological polar surface area (TPSA) is 76.0 Å². The van der Waals surface area contributed by atoms with Crippen LogP contribution in [0.2, 0.25) is 0 Å². The van der Waals surface area contributed by atoms with E-state index in [2.05, 4.69) is 15.0 Å². The fraction of sp³-hybridized carbons (Fsp3) is 0.143. The van der Waals surface area contributed by atoms with Crippen molar-refractivity contribution in [1.29, 1.82) is 0 Å². The van der Waals surface area contributed by atoms with Crippen LogP contribution in [-0.4, -0.2) is 26.0 Å². The first kappa shape index (κ1) is 12.7. The normalized spacial score (nSPS) is 10.8. The lowest BCUT2D eigenvalue weighted by atomic mass is 10.2. The van der Waals surface area contributed by atoms with Crippen molar-refractivity contribution in [3.05, 3.63) is 41.7 Å². The zero-order valence-corrected chi connectivity index (χ0v) is 11.3. The van der Waals surface area contributed by atoms with Gasteiger partial charge in [0.2, 0.25) is 0 Å². The quantitative estimate of drug-likeness (QED) is 0.797. The standard InChI is InChI=1S/C14H11N3O2S/c18-13(19)4-2-10-8-20-14(17-10)9-1-3-11-12(7-9)16-6-5-15-11/h1,3,5-8H,2,4H2,(H,18,19). The Morgan fingerprint density at radius 2 is 2.00 bits per heavy atom. The molecule has 0 bridgehead atoms. The van der Waals surface area contributed by atoms with Crippen LogP contribution in [0.4, 0.5) is 0 Å². The van der Waals surface area contributed by atoms with Crippen LogP contribution < -0.4 is 0 Å². The number of carboxylic acids is 1. The van der Waals surface area contributed by atoms with E-state index in [9.17, 15) is 4.79 Å². The van der Waals surface area contributed by atoms with Gasteiger partial charge in [-0.3, -0.25) is 14.8 Å². The number of carbonyl (C=O) groups is 1. The highest BCUT2D eigenvalue weighted by molar-refractivity contribution is 7.13. The van der Waals surface area contributed by atoms with E-state index in [1.807, 2.05) is 23.6 Å². The molecule has 2 heterocycles. The van der Waals surface area contributed by atoms with Crippen LogP contribution in [0.15, 0.2) is 36.0 Å². The van der Waals surface area contributed by atoms with E-state index in [-0.39, 0.29) is 6.42 Å². The van der Waals surface area contributed by atoms with Crippen molar-refractivity contribution in [1.82, 2.24) is 15.0 Å². The summed E-state index contributed by atoms with van der Waals surface area (Å²) in [7, 11) is 0. The van der Waals surface area contributed by atoms with Gasteiger partial charge in [-0.15, -0.1) is 11.3 Å². The molecule has 0 atom stereocenters. The number of thiazole rings is 1. The van der Waals surface area contributed by atoms with Crippen molar-refractivity contribution < 1.29 is 9.90 Å². The summed E-state index contributed by atoms with van der Waals surface area (Å²) < 4.78 is 0. The third-order valence-electron chi connectivity index (χ3n) is 2.86. The van der Waals surface area contributed by atoms with Gasteiger partial charge in [-0.05, 0) is 18.2 Å². The fourth-order valence-corrected chi connectivity index (χ4v) is 2.74. The molecule has 1 aromatic carbocycles. The smallest absolute Gasteiger partial charge is 0.303 e. The zero-order valence-electron chi connectivity index (χ0n) is 10.5. The molecule has 20 heavy (non-hydrogen) atoms.